The molecule has 0 saturated carbocycles. The zero-order chi connectivity index (χ0) is 35.6. The lowest BCUT2D eigenvalue weighted by atomic mass is 10.0. The van der Waals surface area contributed by atoms with Crippen LogP contribution in [0.5, 0.6) is 5.75 Å². The number of allylic oxidation sites excluding steroid dienone is 2. The number of halogens is 1. The summed E-state index contributed by atoms with van der Waals surface area (Å²) >= 11 is 6.86. The van der Waals surface area contributed by atoms with Gasteiger partial charge in [0, 0.05) is 16.4 Å². The Bertz CT molecular complexity index is 1970. The van der Waals surface area contributed by atoms with Gasteiger partial charge in [-0.2, -0.15) is 0 Å². The highest BCUT2D eigenvalue weighted by atomic mass is 32.9. The standard InChI is InChI=1S/C36H32FNO8S4/c1-22-29(17-23-5-12-27(48-2)13-6-23)28-14-9-25(37)18-31(28)30(22)19-34(39)46-32(21-43-15-3-4-16-44-38(41)42)36(40)45-26-10-7-24(8-11-26)33-20-35(47)50-49-33/h5-14,17-18,20,32H,3-4,15-16,19,21H2,1-2H3/b29-17-. The smallest absolute Gasteiger partial charge is 0.355 e. The van der Waals surface area contributed by atoms with Gasteiger partial charge < -0.3 is 19.0 Å². The van der Waals surface area contributed by atoms with Crippen molar-refractivity contribution in [3.05, 3.63) is 115 Å². The maximum atomic E-state index is 14.5. The number of nitrogens with zero attached hydrogens (tertiary/aromatic N) is 1. The molecule has 1 aliphatic rings. The highest BCUT2D eigenvalue weighted by Crippen LogP contribution is 2.44. The number of ether oxygens (including phenoxy) is 3. The minimum absolute atomic E-state index is 0.0945. The Morgan fingerprint density at radius 3 is 2.42 bits per heavy atom. The van der Waals surface area contributed by atoms with Gasteiger partial charge in [-0.15, -0.1) is 21.9 Å². The summed E-state index contributed by atoms with van der Waals surface area (Å²) in [5, 5.41) is 9.50. The lowest BCUT2D eigenvalue weighted by Crippen LogP contribution is -2.35. The molecule has 14 heteroatoms. The van der Waals surface area contributed by atoms with E-state index in [0.29, 0.717) is 24.0 Å². The molecule has 50 heavy (non-hydrogen) atoms. The van der Waals surface area contributed by atoms with Crippen molar-refractivity contribution in [2.45, 2.75) is 37.2 Å². The molecule has 4 aromatic rings. The van der Waals surface area contributed by atoms with Crippen LogP contribution in [0.25, 0.3) is 27.7 Å². The van der Waals surface area contributed by atoms with Crippen LogP contribution in [0.3, 0.4) is 0 Å². The molecule has 1 aromatic heterocycles. The van der Waals surface area contributed by atoms with Crippen molar-refractivity contribution < 1.29 is 38.1 Å². The van der Waals surface area contributed by atoms with Crippen molar-refractivity contribution in [1.82, 2.24) is 0 Å². The largest absolute Gasteiger partial charge is 0.448 e. The first kappa shape index (κ1) is 37.1. The number of benzene rings is 3. The topological polar surface area (TPSA) is 114 Å². The number of carbonyl (C=O) groups excluding carboxylic acids is 2. The summed E-state index contributed by atoms with van der Waals surface area (Å²) in [4.78, 5) is 43.6. The second-order valence-electron chi connectivity index (χ2n) is 11.1. The molecule has 0 amide bonds. The van der Waals surface area contributed by atoms with Gasteiger partial charge in [-0.1, -0.05) is 51.1 Å². The zero-order valence-corrected chi connectivity index (χ0v) is 30.3. The molecule has 0 bridgehead atoms. The van der Waals surface area contributed by atoms with Gasteiger partial charge >= 0.3 is 11.9 Å². The monoisotopic (exact) mass is 753 g/mol. The van der Waals surface area contributed by atoms with E-state index >= 15 is 0 Å². The zero-order valence-electron chi connectivity index (χ0n) is 27.0. The number of carbonyl (C=O) groups is 2. The lowest BCUT2D eigenvalue weighted by Gasteiger charge is -2.18. The van der Waals surface area contributed by atoms with Crippen LogP contribution in [0.4, 0.5) is 4.39 Å². The molecule has 0 aliphatic heterocycles. The van der Waals surface area contributed by atoms with Crippen LogP contribution in [0.2, 0.25) is 0 Å². The Morgan fingerprint density at radius 1 is 1.00 bits per heavy atom. The predicted octanol–water partition coefficient (Wildman–Crippen LogP) is 9.31. The van der Waals surface area contributed by atoms with E-state index in [0.717, 1.165) is 41.4 Å². The van der Waals surface area contributed by atoms with Gasteiger partial charge in [-0.05, 0) is 126 Å². The van der Waals surface area contributed by atoms with Crippen LogP contribution < -0.4 is 4.74 Å². The Balaban J connectivity index is 1.31. The van der Waals surface area contributed by atoms with Crippen LogP contribution in [0.1, 0.15) is 42.9 Å². The second kappa shape index (κ2) is 17.6. The molecule has 0 N–H and O–H groups in total. The summed E-state index contributed by atoms with van der Waals surface area (Å²) in [5.74, 6) is -1.76. The summed E-state index contributed by atoms with van der Waals surface area (Å²) in [6.45, 7) is 1.60. The van der Waals surface area contributed by atoms with E-state index in [2.05, 4.69) is 4.84 Å². The fourth-order valence-electron chi connectivity index (χ4n) is 5.22. The Labute approximate surface area is 304 Å². The predicted molar refractivity (Wildman–Crippen MR) is 197 cm³/mol. The van der Waals surface area contributed by atoms with Gasteiger partial charge in [-0.25, -0.2) is 9.18 Å². The normalized spacial score (nSPS) is 13.6. The van der Waals surface area contributed by atoms with Crippen molar-refractivity contribution in [2.24, 2.45) is 0 Å². The van der Waals surface area contributed by atoms with Crippen LogP contribution in [0.15, 0.2) is 83.3 Å². The van der Waals surface area contributed by atoms with Crippen LogP contribution in [0, 0.1) is 19.8 Å². The fourth-order valence-corrected chi connectivity index (χ4v) is 8.03. The first-order valence-corrected chi connectivity index (χ1v) is 19.2. The van der Waals surface area contributed by atoms with Gasteiger partial charge in [0.2, 0.25) is 6.10 Å². The summed E-state index contributed by atoms with van der Waals surface area (Å²) < 4.78 is 32.1. The van der Waals surface area contributed by atoms with Crippen molar-refractivity contribution >= 4 is 73.8 Å². The summed E-state index contributed by atoms with van der Waals surface area (Å²) in [7, 11) is 3.04. The van der Waals surface area contributed by atoms with E-state index in [9.17, 15) is 24.1 Å². The Morgan fingerprint density at radius 2 is 1.74 bits per heavy atom. The van der Waals surface area contributed by atoms with Gasteiger partial charge in [0.05, 0.1) is 19.6 Å². The molecular weight excluding hydrogens is 722 g/mol. The molecule has 1 aliphatic carbocycles. The summed E-state index contributed by atoms with van der Waals surface area (Å²) in [6, 6.07) is 21.3. The average Bonchev–Trinajstić information content (AvgIpc) is 3.64. The van der Waals surface area contributed by atoms with E-state index in [1.165, 1.54) is 22.5 Å². The molecule has 0 fully saturated rings. The number of rotatable bonds is 16. The number of esters is 2. The number of hydrogen-bond acceptors (Lipinski definition) is 12. The maximum Gasteiger partial charge on any atom is 0.355 e. The molecule has 9 nitrogen and oxygen atoms in total. The lowest BCUT2D eigenvalue weighted by molar-refractivity contribution is -0.757. The van der Waals surface area contributed by atoms with Crippen LogP contribution >= 0.6 is 44.7 Å². The highest BCUT2D eigenvalue weighted by Gasteiger charge is 2.30. The van der Waals surface area contributed by atoms with E-state index in [1.54, 1.807) is 52.4 Å². The van der Waals surface area contributed by atoms with Gasteiger partial charge in [-0.3, -0.25) is 4.79 Å². The summed E-state index contributed by atoms with van der Waals surface area (Å²) in [6.07, 6.45) is 3.11. The SMILES string of the molecule is CSc1ccc(/C=C2/C(C)=C(CC(=O)OC(COCCCCO[N+](=O)[O-])C(=O)Oc3ccc(-c4cc(=S)ss4)cc3)c3cc(F)ccc32)cc1. The van der Waals surface area contributed by atoms with Gasteiger partial charge in [0.1, 0.15) is 15.4 Å². The molecule has 3 aromatic carbocycles. The van der Waals surface area contributed by atoms with Crippen LogP contribution in [-0.2, 0) is 23.9 Å². The van der Waals surface area contributed by atoms with Crippen molar-refractivity contribution in [3.8, 4) is 16.2 Å². The van der Waals surface area contributed by atoms with Crippen molar-refractivity contribution in [1.29, 1.82) is 0 Å². The number of unbranched alkanes of at least 4 members (excludes halogenated alkanes) is 1. The summed E-state index contributed by atoms with van der Waals surface area (Å²) in [5.41, 5.74) is 5.47. The van der Waals surface area contributed by atoms with E-state index < -0.39 is 28.9 Å². The molecule has 1 unspecified atom stereocenters. The van der Waals surface area contributed by atoms with E-state index in [-0.39, 0.29) is 32.0 Å². The molecule has 1 heterocycles. The van der Waals surface area contributed by atoms with Gasteiger partial charge in [0.25, 0.3) is 5.09 Å². The molecule has 260 valence electrons. The second-order valence-corrected chi connectivity index (χ2v) is 14.8. The first-order chi connectivity index (χ1) is 24.1. The molecule has 0 radical (unpaired) electrons. The Kier molecular flexibility index (Phi) is 13.1. The third-order valence-corrected chi connectivity index (χ3v) is 11.4. The number of fused-ring (bicyclic) bond motifs is 1. The number of thioether (sulfide) groups is 1. The minimum Gasteiger partial charge on any atom is -0.448 e. The highest BCUT2D eigenvalue weighted by molar-refractivity contribution is 7.98. The van der Waals surface area contributed by atoms with E-state index in [1.807, 2.05) is 49.6 Å². The van der Waals surface area contributed by atoms with Crippen LogP contribution in [-0.4, -0.2) is 49.2 Å². The molecule has 1 atom stereocenters. The molecule has 0 spiro atoms. The van der Waals surface area contributed by atoms with Crippen molar-refractivity contribution in [3.63, 3.8) is 0 Å². The fraction of sp³-hybridized carbons (Fsp3) is 0.250. The van der Waals surface area contributed by atoms with Crippen molar-refractivity contribution in [2.75, 3.05) is 26.1 Å². The van der Waals surface area contributed by atoms with E-state index in [4.69, 9.17) is 26.4 Å². The third kappa shape index (κ3) is 9.94. The average molecular weight is 754 g/mol. The Hall–Kier alpha value is -4.21. The maximum absolute atomic E-state index is 14.5. The quantitative estimate of drug-likeness (QED) is 0.0160. The third-order valence-electron chi connectivity index (χ3n) is 7.71. The minimum atomic E-state index is -1.42. The molecule has 0 saturated heterocycles. The number of hydrogen-bond donors (Lipinski definition) is 0. The molecule has 5 rings (SSSR count). The first-order valence-electron chi connectivity index (χ1n) is 15.4. The van der Waals surface area contributed by atoms with Gasteiger partial charge in [0.15, 0.2) is 0 Å². The molecular formula is C36H32FNO8S4.